The molecule has 1 aromatic heterocycles. The average Bonchev–Trinajstić information content (AvgIpc) is 3.19. The molecule has 0 radical (unpaired) electrons. The number of aliphatic imine (C=N–C) groups is 1. The van der Waals surface area contributed by atoms with Crippen LogP contribution in [0.2, 0.25) is 0 Å². The number of anilines is 2. The lowest BCUT2D eigenvalue weighted by molar-refractivity contribution is -0.114. The number of nitrogens with zero attached hydrogens (tertiary/aromatic N) is 4. The minimum atomic E-state index is -0.993. The van der Waals surface area contributed by atoms with Crippen molar-refractivity contribution in [3.63, 3.8) is 0 Å². The number of fused-ring (bicyclic) bond motifs is 2. The third-order valence-corrected chi connectivity index (χ3v) is 6.12. The fourth-order valence-corrected chi connectivity index (χ4v) is 4.58. The van der Waals surface area contributed by atoms with Gasteiger partial charge in [0, 0.05) is 66.8 Å². The molecule has 0 spiro atoms. The van der Waals surface area contributed by atoms with Crippen LogP contribution in [0.5, 0.6) is 5.75 Å². The highest BCUT2D eigenvalue weighted by Crippen LogP contribution is 2.39. The van der Waals surface area contributed by atoms with Crippen LogP contribution in [0, 0.1) is 12.8 Å². The molecule has 1 aliphatic heterocycles. The zero-order valence-corrected chi connectivity index (χ0v) is 21.1. The van der Waals surface area contributed by atoms with Crippen molar-refractivity contribution in [3.8, 4) is 5.75 Å². The van der Waals surface area contributed by atoms with Gasteiger partial charge in [0.25, 0.3) is 5.91 Å². The molecule has 186 valence electrons. The van der Waals surface area contributed by atoms with E-state index in [1.807, 2.05) is 49.3 Å². The van der Waals surface area contributed by atoms with Crippen LogP contribution >= 0.6 is 0 Å². The van der Waals surface area contributed by atoms with E-state index in [1.165, 1.54) is 0 Å². The Hall–Kier alpha value is -3.62. The molecule has 2 aromatic carbocycles. The second-order valence-electron chi connectivity index (χ2n) is 9.59. The number of aryl methyl sites for hydroxylation is 2. The van der Waals surface area contributed by atoms with Gasteiger partial charge < -0.3 is 20.6 Å². The number of phenolic OH excluding ortho intramolecular Hbond substituents is 1. The highest BCUT2D eigenvalue weighted by atomic mass is 19.1. The fraction of sp³-hybridized carbons (Fsp3) is 0.423. The number of hydrogen-bond acceptors (Lipinski definition) is 6. The number of carbonyl (C=O) groups excluding carboxylic acids is 1. The number of benzene rings is 2. The maximum atomic E-state index is 13.9. The Morgan fingerprint density at radius 2 is 2.03 bits per heavy atom. The van der Waals surface area contributed by atoms with E-state index in [0.29, 0.717) is 34.8 Å². The molecule has 0 bridgehead atoms. The first-order valence-electron chi connectivity index (χ1n) is 11.8. The van der Waals surface area contributed by atoms with Gasteiger partial charge in [-0.15, -0.1) is 0 Å². The lowest BCUT2D eigenvalue weighted by Crippen LogP contribution is -2.35. The summed E-state index contributed by atoms with van der Waals surface area (Å²) in [4.78, 5) is 19.6. The van der Waals surface area contributed by atoms with Crippen LogP contribution in [-0.2, 0) is 11.8 Å². The van der Waals surface area contributed by atoms with Gasteiger partial charge >= 0.3 is 0 Å². The van der Waals surface area contributed by atoms with Crippen LogP contribution in [0.4, 0.5) is 15.8 Å². The summed E-state index contributed by atoms with van der Waals surface area (Å²) in [6, 6.07) is 7.54. The van der Waals surface area contributed by atoms with Gasteiger partial charge in [0.05, 0.1) is 5.52 Å². The Balaban J connectivity index is 1.80. The molecule has 0 saturated heterocycles. The number of aromatic nitrogens is 2. The summed E-state index contributed by atoms with van der Waals surface area (Å²) in [6.07, 6.45) is 0.224. The zero-order chi connectivity index (χ0) is 25.4. The summed E-state index contributed by atoms with van der Waals surface area (Å²) >= 11 is 0. The number of aromatic hydroxyl groups is 1. The van der Waals surface area contributed by atoms with Crippen molar-refractivity contribution in [2.24, 2.45) is 18.0 Å². The van der Waals surface area contributed by atoms with Crippen molar-refractivity contribution in [3.05, 3.63) is 47.2 Å². The molecule has 0 saturated carbocycles. The maximum absolute atomic E-state index is 13.9. The number of alkyl halides is 1. The van der Waals surface area contributed by atoms with Gasteiger partial charge in [0.2, 0.25) is 0 Å². The molecule has 1 unspecified atom stereocenters. The van der Waals surface area contributed by atoms with Crippen LogP contribution in [0.15, 0.2) is 35.5 Å². The van der Waals surface area contributed by atoms with Gasteiger partial charge in [0.1, 0.15) is 23.8 Å². The minimum absolute atomic E-state index is 0.0915. The molecule has 2 heterocycles. The predicted molar refractivity (Wildman–Crippen MR) is 138 cm³/mol. The van der Waals surface area contributed by atoms with Crippen molar-refractivity contribution in [1.29, 1.82) is 0 Å². The number of halogens is 1. The Labute approximate surface area is 204 Å². The maximum Gasteiger partial charge on any atom is 0.269 e. The average molecular weight is 481 g/mol. The molecule has 1 amide bonds. The van der Waals surface area contributed by atoms with Crippen LogP contribution < -0.4 is 15.5 Å². The summed E-state index contributed by atoms with van der Waals surface area (Å²) in [5.74, 6) is 0.102. The smallest absolute Gasteiger partial charge is 0.269 e. The molecule has 3 aromatic rings. The van der Waals surface area contributed by atoms with Crippen molar-refractivity contribution in [1.82, 2.24) is 15.1 Å². The van der Waals surface area contributed by atoms with E-state index in [-0.39, 0.29) is 23.9 Å². The SMILES string of the molecule is CNC(=O)C1=NC(c2cc3cn(C)nc3c(C)c2O)Nc2ccc(N(CC(C)C)C[C@H](C)F)cc21. The third kappa shape index (κ3) is 4.80. The zero-order valence-electron chi connectivity index (χ0n) is 21.1. The van der Waals surface area contributed by atoms with E-state index in [2.05, 4.69) is 29.6 Å². The topological polar surface area (TPSA) is 94.8 Å². The summed E-state index contributed by atoms with van der Waals surface area (Å²) in [5.41, 5.74) is 4.38. The van der Waals surface area contributed by atoms with E-state index in [9.17, 15) is 14.3 Å². The molecule has 4 rings (SSSR count). The molecule has 3 N–H and O–H groups in total. The Kier molecular flexibility index (Phi) is 6.69. The van der Waals surface area contributed by atoms with Crippen molar-refractivity contribution < 1.29 is 14.3 Å². The summed E-state index contributed by atoms with van der Waals surface area (Å²) in [5, 5.41) is 22.3. The molecular formula is C26H33FN6O2. The second-order valence-corrected chi connectivity index (χ2v) is 9.59. The second kappa shape index (κ2) is 9.56. The number of hydrogen-bond donors (Lipinski definition) is 3. The fourth-order valence-electron chi connectivity index (χ4n) is 4.58. The number of carbonyl (C=O) groups is 1. The summed E-state index contributed by atoms with van der Waals surface area (Å²) in [7, 11) is 3.39. The number of nitrogens with one attached hydrogen (secondary N) is 2. The van der Waals surface area contributed by atoms with E-state index in [1.54, 1.807) is 18.7 Å². The van der Waals surface area contributed by atoms with Crippen molar-refractivity contribution in [2.75, 3.05) is 30.4 Å². The van der Waals surface area contributed by atoms with Crippen LogP contribution in [0.25, 0.3) is 10.9 Å². The number of rotatable bonds is 7. The lowest BCUT2D eigenvalue weighted by Gasteiger charge is -2.30. The molecule has 35 heavy (non-hydrogen) atoms. The van der Waals surface area contributed by atoms with Gasteiger partial charge in [-0.05, 0) is 44.0 Å². The van der Waals surface area contributed by atoms with Gasteiger partial charge in [-0.25, -0.2) is 9.38 Å². The van der Waals surface area contributed by atoms with Crippen LogP contribution in [0.3, 0.4) is 0 Å². The van der Waals surface area contributed by atoms with Gasteiger partial charge in [-0.3, -0.25) is 9.48 Å². The molecule has 1 aliphatic rings. The van der Waals surface area contributed by atoms with Crippen LogP contribution in [0.1, 0.15) is 43.6 Å². The van der Waals surface area contributed by atoms with E-state index in [4.69, 9.17) is 4.99 Å². The van der Waals surface area contributed by atoms with E-state index in [0.717, 1.165) is 16.6 Å². The quantitative estimate of drug-likeness (QED) is 0.474. The first-order valence-corrected chi connectivity index (χ1v) is 11.8. The molecule has 0 aliphatic carbocycles. The Morgan fingerprint density at radius 3 is 2.69 bits per heavy atom. The Morgan fingerprint density at radius 1 is 1.29 bits per heavy atom. The molecule has 8 nitrogen and oxygen atoms in total. The first kappa shape index (κ1) is 24.5. The Bertz CT molecular complexity index is 1290. The van der Waals surface area contributed by atoms with E-state index < -0.39 is 12.3 Å². The monoisotopic (exact) mass is 480 g/mol. The number of likely N-dealkylation sites (N-methyl/N-ethyl adjacent to an activating group) is 1. The lowest BCUT2D eigenvalue weighted by atomic mass is 9.98. The first-order chi connectivity index (χ1) is 16.6. The standard InChI is InChI=1S/C26H33FN6O2/c1-14(2)11-33(12-15(3)27)18-7-8-21-19(10-18)23(26(35)28-5)30-25(29-21)20-9-17-13-32(6)31-22(17)16(4)24(20)34/h7-10,13-15,25,29,34H,11-12H2,1-6H3,(H,28,35)/t15-,25?/m0/s1. The largest absolute Gasteiger partial charge is 0.507 e. The predicted octanol–water partition coefficient (Wildman–Crippen LogP) is 4.07. The van der Waals surface area contributed by atoms with Gasteiger partial charge in [-0.1, -0.05) is 13.8 Å². The van der Waals surface area contributed by atoms with E-state index >= 15 is 0 Å². The van der Waals surface area contributed by atoms with Crippen molar-refractivity contribution >= 4 is 33.9 Å². The van der Waals surface area contributed by atoms with Crippen molar-refractivity contribution in [2.45, 2.75) is 40.0 Å². The minimum Gasteiger partial charge on any atom is -0.507 e. The number of amides is 1. The van der Waals surface area contributed by atoms with Gasteiger partial charge in [-0.2, -0.15) is 5.10 Å². The molecule has 0 fully saturated rings. The molecule has 9 heteroatoms. The summed E-state index contributed by atoms with van der Waals surface area (Å²) in [6.45, 7) is 8.49. The summed E-state index contributed by atoms with van der Waals surface area (Å²) < 4.78 is 15.6. The number of phenols is 1. The van der Waals surface area contributed by atoms with Crippen LogP contribution in [-0.4, -0.2) is 52.8 Å². The molecule has 2 atom stereocenters. The highest BCUT2D eigenvalue weighted by Gasteiger charge is 2.29. The third-order valence-electron chi connectivity index (χ3n) is 6.12. The molecular weight excluding hydrogens is 447 g/mol. The highest BCUT2D eigenvalue weighted by molar-refractivity contribution is 6.47. The normalized spacial score (nSPS) is 16.0. The van der Waals surface area contributed by atoms with Gasteiger partial charge in [0.15, 0.2) is 0 Å².